The molecule has 2 saturated carbocycles. The van der Waals surface area contributed by atoms with Crippen LogP contribution in [0.4, 0.5) is 0 Å². The van der Waals surface area contributed by atoms with Crippen LogP contribution in [0.5, 0.6) is 0 Å². The number of nitrogens with one attached hydrogen (secondary N) is 2. The number of aromatic nitrogens is 4. The molecular weight excluding hydrogens is 626 g/mol. The minimum absolute atomic E-state index is 0.181. The van der Waals surface area contributed by atoms with Gasteiger partial charge in [0.05, 0.1) is 16.3 Å². The molecule has 4 aromatic rings. The Morgan fingerprint density at radius 1 is 0.957 bits per heavy atom. The molecule has 10 heteroatoms. The molecule has 1 saturated heterocycles. The summed E-state index contributed by atoms with van der Waals surface area (Å²) >= 11 is 8.00. The molecule has 2 aliphatic carbocycles. The van der Waals surface area contributed by atoms with Crippen LogP contribution in [-0.2, 0) is 24.3 Å². The summed E-state index contributed by atoms with van der Waals surface area (Å²) in [6.07, 6.45) is 17.1. The summed E-state index contributed by atoms with van der Waals surface area (Å²) in [4.78, 5) is 25.5. The van der Waals surface area contributed by atoms with E-state index < -0.39 is 0 Å². The second-order valence-corrected chi connectivity index (χ2v) is 15.7. The first-order chi connectivity index (χ1) is 23.0. The molecule has 0 unspecified atom stereocenters. The summed E-state index contributed by atoms with van der Waals surface area (Å²) < 4.78 is 3.28. The number of hydrogen-bond acceptors (Lipinski definition) is 7. The Morgan fingerprint density at radius 3 is 2.43 bits per heavy atom. The van der Waals surface area contributed by atoms with E-state index in [-0.39, 0.29) is 17.4 Å². The van der Waals surface area contributed by atoms with Crippen LogP contribution < -0.4 is 10.6 Å². The Bertz CT molecular complexity index is 1540. The van der Waals surface area contributed by atoms with Gasteiger partial charge in [0.25, 0.3) is 0 Å². The third-order valence-corrected chi connectivity index (χ3v) is 12.5. The molecule has 1 aliphatic heterocycles. The maximum atomic E-state index is 14.3. The first-order valence-electron chi connectivity index (χ1n) is 17.7. The first-order valence-corrected chi connectivity index (χ1v) is 18.9. The van der Waals surface area contributed by atoms with Gasteiger partial charge >= 0.3 is 0 Å². The van der Waals surface area contributed by atoms with E-state index in [2.05, 4.69) is 62.0 Å². The molecule has 250 valence electrons. The van der Waals surface area contributed by atoms with Crippen molar-refractivity contribution in [3.63, 3.8) is 0 Å². The fourth-order valence-corrected chi connectivity index (χ4v) is 9.53. The van der Waals surface area contributed by atoms with Gasteiger partial charge in [-0.25, -0.2) is 9.97 Å². The number of rotatable bonds is 11. The minimum Gasteiger partial charge on any atom is -0.341 e. The lowest BCUT2D eigenvalue weighted by atomic mass is 9.63. The first kappa shape index (κ1) is 32.7. The van der Waals surface area contributed by atoms with Crippen LogP contribution in [0.25, 0.3) is 10.2 Å². The molecule has 2 aromatic carbocycles. The summed E-state index contributed by atoms with van der Waals surface area (Å²) in [5.74, 6) is 0.938. The van der Waals surface area contributed by atoms with E-state index in [9.17, 15) is 4.79 Å². The topological polar surface area (TPSA) is 88.0 Å². The average Bonchev–Trinajstić information content (AvgIpc) is 3.79. The number of fused-ring (bicyclic) bond motifs is 1. The second kappa shape index (κ2) is 15.1. The number of amides is 1. The van der Waals surface area contributed by atoms with Gasteiger partial charge in [0.2, 0.25) is 5.91 Å². The van der Waals surface area contributed by atoms with Crippen LogP contribution in [0.3, 0.4) is 0 Å². The molecule has 3 aliphatic rings. The fraction of sp³-hybridized carbons (Fsp3) is 0.568. The van der Waals surface area contributed by atoms with Crippen LogP contribution in [0.2, 0.25) is 5.02 Å². The smallest absolute Gasteiger partial charge is 0.240 e. The maximum absolute atomic E-state index is 14.3. The molecule has 0 radical (unpaired) electrons. The molecule has 7 rings (SSSR count). The van der Waals surface area contributed by atoms with Crippen molar-refractivity contribution in [1.29, 1.82) is 0 Å². The largest absolute Gasteiger partial charge is 0.341 e. The third-order valence-electron chi connectivity index (χ3n) is 11.2. The van der Waals surface area contributed by atoms with E-state index in [1.165, 1.54) is 36.8 Å². The molecule has 1 amide bonds. The predicted molar refractivity (Wildman–Crippen MR) is 189 cm³/mol. The summed E-state index contributed by atoms with van der Waals surface area (Å²) in [5.41, 5.74) is 2.41. The number of hydrogen-bond donors (Lipinski definition) is 2. The molecule has 2 N–H and O–H groups in total. The van der Waals surface area contributed by atoms with Crippen LogP contribution >= 0.6 is 22.9 Å². The van der Waals surface area contributed by atoms with Crippen LogP contribution in [-0.4, -0.2) is 61.8 Å². The molecule has 8 nitrogen and oxygen atoms in total. The molecule has 47 heavy (non-hydrogen) atoms. The molecule has 1 atom stereocenters. The van der Waals surface area contributed by atoms with Gasteiger partial charge in [0.15, 0.2) is 0 Å². The van der Waals surface area contributed by atoms with Crippen LogP contribution in [0, 0.1) is 11.3 Å². The zero-order chi connectivity index (χ0) is 32.1. The van der Waals surface area contributed by atoms with Gasteiger partial charge in [-0.05, 0) is 98.9 Å². The van der Waals surface area contributed by atoms with Gasteiger partial charge in [0.1, 0.15) is 17.7 Å². The number of para-hydroxylation sites is 1. The van der Waals surface area contributed by atoms with Crippen molar-refractivity contribution in [3.8, 4) is 0 Å². The third kappa shape index (κ3) is 8.07. The Balaban J connectivity index is 0.977. The molecule has 3 heterocycles. The molecule has 2 aromatic heterocycles. The number of likely N-dealkylation sites (tertiary alicyclic amines) is 1. The number of piperidine rings is 1. The lowest BCUT2D eigenvalue weighted by Crippen LogP contribution is -2.56. The van der Waals surface area contributed by atoms with Gasteiger partial charge in [-0.1, -0.05) is 55.1 Å². The van der Waals surface area contributed by atoms with E-state index in [4.69, 9.17) is 16.6 Å². The van der Waals surface area contributed by atoms with Gasteiger partial charge in [-0.15, -0.1) is 11.3 Å². The maximum Gasteiger partial charge on any atom is 0.240 e. The fourth-order valence-electron chi connectivity index (χ4n) is 8.49. The van der Waals surface area contributed by atoms with Crippen LogP contribution in [0.1, 0.15) is 81.2 Å². The monoisotopic (exact) mass is 673 g/mol. The Hall–Kier alpha value is -2.85. The normalized spacial score (nSPS) is 22.8. The van der Waals surface area contributed by atoms with E-state index in [1.807, 2.05) is 23.1 Å². The summed E-state index contributed by atoms with van der Waals surface area (Å²) in [6.45, 7) is 3.34. The lowest BCUT2D eigenvalue weighted by molar-refractivity contribution is -0.137. The van der Waals surface area contributed by atoms with Crippen molar-refractivity contribution in [3.05, 3.63) is 76.8 Å². The highest BCUT2D eigenvalue weighted by Crippen LogP contribution is 2.47. The zero-order valence-electron chi connectivity index (χ0n) is 27.3. The number of nitrogens with zero attached hydrogens (tertiary/aromatic N) is 5. The highest BCUT2D eigenvalue weighted by molar-refractivity contribution is 7.18. The standard InChI is InChI=1S/C37H48ClN7OS/c38-29-12-10-27(11-13-29)22-33(42-31-16-14-30(15-17-31)40-23-35-43-32-8-4-5-9-34(32)47-35)36(46)44-20-18-37(19-21-44,24-45-26-39-25-41-45)28-6-2-1-3-7-28/h4-5,8-13,25-26,28,30-31,33,40,42H,1-3,6-7,14-24H2/t30?,31?,33-/m1/s1. The van der Waals surface area contributed by atoms with Crippen molar-refractivity contribution in [2.75, 3.05) is 13.1 Å². The molecule has 0 bridgehead atoms. The van der Waals surface area contributed by atoms with Crippen LogP contribution in [0.15, 0.2) is 61.2 Å². The van der Waals surface area contributed by atoms with Crippen molar-refractivity contribution in [2.24, 2.45) is 11.3 Å². The van der Waals surface area contributed by atoms with Crippen molar-refractivity contribution < 1.29 is 4.79 Å². The number of carbonyl (C=O) groups excluding carboxylic acids is 1. The van der Waals surface area contributed by atoms with E-state index >= 15 is 0 Å². The Labute approximate surface area is 287 Å². The van der Waals surface area contributed by atoms with Gasteiger partial charge in [-0.3, -0.25) is 9.48 Å². The second-order valence-electron chi connectivity index (χ2n) is 14.2. The summed E-state index contributed by atoms with van der Waals surface area (Å²) in [7, 11) is 0. The summed E-state index contributed by atoms with van der Waals surface area (Å²) in [6, 6.07) is 16.9. The van der Waals surface area contributed by atoms with Gasteiger partial charge in [-0.2, -0.15) is 5.10 Å². The van der Waals surface area contributed by atoms with E-state index in [0.29, 0.717) is 24.4 Å². The SMILES string of the molecule is O=C([C@@H](Cc1ccc(Cl)cc1)NC1CCC(NCc2nc3ccccc3s2)CC1)N1CCC(Cn2cncn2)(C2CCCCC2)CC1. The zero-order valence-corrected chi connectivity index (χ0v) is 28.9. The van der Waals surface area contributed by atoms with Crippen molar-refractivity contribution >= 4 is 39.1 Å². The molecular formula is C37H48ClN7OS. The summed E-state index contributed by atoms with van der Waals surface area (Å²) in [5, 5.41) is 14.0. The quantitative estimate of drug-likeness (QED) is 0.178. The minimum atomic E-state index is -0.245. The number of halogens is 1. The Kier molecular flexibility index (Phi) is 10.5. The number of thiazole rings is 1. The predicted octanol–water partition coefficient (Wildman–Crippen LogP) is 7.03. The highest BCUT2D eigenvalue weighted by Gasteiger charge is 2.44. The van der Waals surface area contributed by atoms with Crippen molar-refractivity contribution in [1.82, 2.24) is 35.3 Å². The molecule has 3 fully saturated rings. The van der Waals surface area contributed by atoms with Gasteiger partial charge < -0.3 is 15.5 Å². The average molecular weight is 674 g/mol. The molecule has 0 spiro atoms. The number of benzene rings is 2. The van der Waals surface area contributed by atoms with E-state index in [0.717, 1.165) is 85.8 Å². The van der Waals surface area contributed by atoms with E-state index in [1.54, 1.807) is 17.7 Å². The Morgan fingerprint density at radius 2 is 1.70 bits per heavy atom. The lowest BCUT2D eigenvalue weighted by Gasteiger charge is -2.48. The van der Waals surface area contributed by atoms with Crippen molar-refractivity contribution in [2.45, 2.75) is 108 Å². The number of carbonyl (C=O) groups is 1. The van der Waals surface area contributed by atoms with Gasteiger partial charge in [0, 0.05) is 43.3 Å². The highest BCUT2D eigenvalue weighted by atomic mass is 35.5.